The van der Waals surface area contributed by atoms with Crippen LogP contribution < -0.4 is 0 Å². The van der Waals surface area contributed by atoms with E-state index in [0.717, 1.165) is 44.0 Å². The molecule has 0 aromatic heterocycles. The average molecular weight is 333 g/mol. The molecule has 0 aliphatic rings. The van der Waals surface area contributed by atoms with Gasteiger partial charge in [-0.1, -0.05) is 23.2 Å². The van der Waals surface area contributed by atoms with Crippen LogP contribution in [0.25, 0.3) is 0 Å². The fourth-order valence-corrected chi connectivity index (χ4v) is 2.47. The standard InChI is InChI=1S/C18H18Cl2N2/c1-11-9-15(19)5-7-17(11)21-13(3)14(4)22-18-8-6-16(20)10-12(18)2/h5-10H,1-4H3/b21-13-,22-14-. The van der Waals surface area contributed by atoms with Gasteiger partial charge >= 0.3 is 0 Å². The van der Waals surface area contributed by atoms with E-state index in [1.807, 2.05) is 64.1 Å². The molecule has 0 radical (unpaired) electrons. The van der Waals surface area contributed by atoms with Crippen LogP contribution in [0.15, 0.2) is 46.4 Å². The Bertz CT molecular complexity index is 696. The van der Waals surface area contributed by atoms with Crippen LogP contribution in [0, 0.1) is 13.8 Å². The van der Waals surface area contributed by atoms with Gasteiger partial charge in [-0.25, -0.2) is 0 Å². The van der Waals surface area contributed by atoms with E-state index in [-0.39, 0.29) is 0 Å². The highest BCUT2D eigenvalue weighted by molar-refractivity contribution is 6.41. The van der Waals surface area contributed by atoms with Gasteiger partial charge in [-0.15, -0.1) is 0 Å². The van der Waals surface area contributed by atoms with E-state index in [2.05, 4.69) is 9.98 Å². The number of rotatable bonds is 3. The summed E-state index contributed by atoms with van der Waals surface area (Å²) in [6.45, 7) is 7.90. The Hall–Kier alpha value is -1.64. The second kappa shape index (κ2) is 7.08. The van der Waals surface area contributed by atoms with E-state index in [4.69, 9.17) is 23.2 Å². The highest BCUT2D eigenvalue weighted by Gasteiger charge is 2.03. The molecule has 2 nitrogen and oxygen atoms in total. The molecular weight excluding hydrogens is 315 g/mol. The Kier molecular flexibility index (Phi) is 5.38. The van der Waals surface area contributed by atoms with Crippen molar-refractivity contribution < 1.29 is 0 Å². The molecule has 2 aromatic rings. The first-order valence-electron chi connectivity index (χ1n) is 7.00. The van der Waals surface area contributed by atoms with Gasteiger partial charge in [0.15, 0.2) is 0 Å². The third-order valence-corrected chi connectivity index (χ3v) is 3.89. The molecule has 0 spiro atoms. The molecule has 0 saturated heterocycles. The molecular formula is C18H18Cl2N2. The molecule has 0 bridgehead atoms. The molecule has 0 N–H and O–H groups in total. The van der Waals surface area contributed by atoms with E-state index in [0.29, 0.717) is 0 Å². The van der Waals surface area contributed by atoms with Crippen molar-refractivity contribution in [1.82, 2.24) is 0 Å². The summed E-state index contributed by atoms with van der Waals surface area (Å²) in [5.41, 5.74) is 5.65. The lowest BCUT2D eigenvalue weighted by Gasteiger charge is -2.06. The first kappa shape index (κ1) is 16.7. The Morgan fingerprint density at radius 1 is 0.727 bits per heavy atom. The summed E-state index contributed by atoms with van der Waals surface area (Å²) < 4.78 is 0. The Labute approximate surface area is 141 Å². The van der Waals surface area contributed by atoms with E-state index >= 15 is 0 Å². The van der Waals surface area contributed by atoms with Crippen molar-refractivity contribution in [2.75, 3.05) is 0 Å². The van der Waals surface area contributed by atoms with E-state index < -0.39 is 0 Å². The Morgan fingerprint density at radius 2 is 1.09 bits per heavy atom. The topological polar surface area (TPSA) is 24.7 Å². The first-order chi connectivity index (χ1) is 10.4. The van der Waals surface area contributed by atoms with E-state index in [1.165, 1.54) is 0 Å². The van der Waals surface area contributed by atoms with Crippen molar-refractivity contribution in [2.24, 2.45) is 9.98 Å². The molecule has 2 rings (SSSR count). The number of nitrogens with zero attached hydrogens (tertiary/aromatic N) is 2. The second-order valence-corrected chi connectivity index (χ2v) is 6.13. The van der Waals surface area contributed by atoms with Crippen molar-refractivity contribution in [2.45, 2.75) is 27.7 Å². The van der Waals surface area contributed by atoms with Gasteiger partial charge < -0.3 is 0 Å². The Balaban J connectivity index is 2.33. The molecule has 0 atom stereocenters. The summed E-state index contributed by atoms with van der Waals surface area (Å²) in [6, 6.07) is 11.3. The van der Waals surface area contributed by atoms with Gasteiger partial charge in [-0.3, -0.25) is 9.98 Å². The van der Waals surface area contributed by atoms with Crippen LogP contribution in [0.2, 0.25) is 10.0 Å². The van der Waals surface area contributed by atoms with Crippen molar-refractivity contribution in [1.29, 1.82) is 0 Å². The van der Waals surface area contributed by atoms with Crippen molar-refractivity contribution in [3.8, 4) is 0 Å². The molecule has 4 heteroatoms. The summed E-state index contributed by atoms with van der Waals surface area (Å²) in [4.78, 5) is 9.29. The zero-order chi connectivity index (χ0) is 16.3. The molecule has 0 amide bonds. The summed E-state index contributed by atoms with van der Waals surface area (Å²) in [7, 11) is 0. The predicted molar refractivity (Wildman–Crippen MR) is 97.9 cm³/mol. The summed E-state index contributed by atoms with van der Waals surface area (Å²) in [6.07, 6.45) is 0. The van der Waals surface area contributed by atoms with Crippen LogP contribution in [0.5, 0.6) is 0 Å². The van der Waals surface area contributed by atoms with E-state index in [9.17, 15) is 0 Å². The average Bonchev–Trinajstić information content (AvgIpc) is 2.44. The van der Waals surface area contributed by atoms with Crippen molar-refractivity contribution in [3.05, 3.63) is 57.6 Å². The van der Waals surface area contributed by atoms with Crippen molar-refractivity contribution in [3.63, 3.8) is 0 Å². The van der Waals surface area contributed by atoms with Gasteiger partial charge in [0.2, 0.25) is 0 Å². The molecule has 0 aliphatic carbocycles. The van der Waals surface area contributed by atoms with Gasteiger partial charge in [-0.2, -0.15) is 0 Å². The van der Waals surface area contributed by atoms with Gasteiger partial charge in [0.05, 0.1) is 22.8 Å². The van der Waals surface area contributed by atoms with E-state index in [1.54, 1.807) is 0 Å². The SMILES string of the molecule is CC(=N/c1ccc(Cl)cc1C)/C(C)=N\c1ccc(Cl)cc1C. The molecule has 0 aliphatic heterocycles. The number of benzene rings is 2. The third-order valence-electron chi connectivity index (χ3n) is 3.42. The lowest BCUT2D eigenvalue weighted by Crippen LogP contribution is -2.04. The third kappa shape index (κ3) is 4.19. The van der Waals surface area contributed by atoms with Crippen molar-refractivity contribution >= 4 is 46.0 Å². The van der Waals surface area contributed by atoms with Gasteiger partial charge in [0, 0.05) is 10.0 Å². The highest BCUT2D eigenvalue weighted by Crippen LogP contribution is 2.24. The molecule has 114 valence electrons. The molecule has 0 heterocycles. The van der Waals surface area contributed by atoms with Gasteiger partial charge in [-0.05, 0) is 75.2 Å². The lowest BCUT2D eigenvalue weighted by molar-refractivity contribution is 1.38. The minimum atomic E-state index is 0.719. The van der Waals surface area contributed by atoms with Gasteiger partial charge in [0.1, 0.15) is 0 Å². The van der Waals surface area contributed by atoms with Gasteiger partial charge in [0.25, 0.3) is 0 Å². The van der Waals surface area contributed by atoms with Crippen LogP contribution in [0.1, 0.15) is 25.0 Å². The maximum Gasteiger partial charge on any atom is 0.0663 e. The highest BCUT2D eigenvalue weighted by atomic mass is 35.5. The lowest BCUT2D eigenvalue weighted by atomic mass is 10.2. The van der Waals surface area contributed by atoms with Crippen LogP contribution >= 0.6 is 23.2 Å². The molecule has 22 heavy (non-hydrogen) atoms. The zero-order valence-electron chi connectivity index (χ0n) is 13.1. The number of aryl methyl sites for hydroxylation is 2. The summed E-state index contributed by atoms with van der Waals surface area (Å²) in [5, 5.41) is 1.44. The molecule has 0 unspecified atom stereocenters. The first-order valence-corrected chi connectivity index (χ1v) is 7.75. The normalized spacial score (nSPS) is 12.6. The van der Waals surface area contributed by atoms with Crippen LogP contribution in [0.3, 0.4) is 0 Å². The minimum Gasteiger partial charge on any atom is -0.252 e. The molecule has 0 saturated carbocycles. The zero-order valence-corrected chi connectivity index (χ0v) is 14.6. The number of hydrogen-bond donors (Lipinski definition) is 0. The second-order valence-electron chi connectivity index (χ2n) is 5.26. The molecule has 2 aromatic carbocycles. The fourth-order valence-electron chi connectivity index (χ4n) is 2.01. The number of halogens is 2. The monoisotopic (exact) mass is 332 g/mol. The Morgan fingerprint density at radius 3 is 1.41 bits per heavy atom. The molecule has 0 fully saturated rings. The van der Waals surface area contributed by atoms with Crippen LogP contribution in [0.4, 0.5) is 11.4 Å². The fraction of sp³-hybridized carbons (Fsp3) is 0.222. The summed E-state index contributed by atoms with van der Waals surface area (Å²) >= 11 is 11.9. The van der Waals surface area contributed by atoms with Crippen LogP contribution in [-0.4, -0.2) is 11.4 Å². The van der Waals surface area contributed by atoms with Crippen LogP contribution in [-0.2, 0) is 0 Å². The minimum absolute atomic E-state index is 0.719. The maximum atomic E-state index is 5.97. The smallest absolute Gasteiger partial charge is 0.0663 e. The quantitative estimate of drug-likeness (QED) is 0.573. The summed E-state index contributed by atoms with van der Waals surface area (Å²) in [5.74, 6) is 0. The number of aliphatic imine (C=N–C) groups is 2. The maximum absolute atomic E-state index is 5.97. The largest absolute Gasteiger partial charge is 0.252 e. The number of hydrogen-bond acceptors (Lipinski definition) is 2. The predicted octanol–water partition coefficient (Wildman–Crippen LogP) is 6.50.